The highest BCUT2D eigenvalue weighted by Crippen LogP contribution is 2.36. The van der Waals surface area contributed by atoms with Crippen molar-refractivity contribution < 1.29 is 13.7 Å². The first-order valence-electron chi connectivity index (χ1n) is 8.10. The van der Waals surface area contributed by atoms with Gasteiger partial charge in [-0.05, 0) is 50.7 Å². The summed E-state index contributed by atoms with van der Waals surface area (Å²) in [6.07, 6.45) is 0. The molecule has 0 aliphatic carbocycles. The van der Waals surface area contributed by atoms with Gasteiger partial charge in [0, 0.05) is 5.39 Å². The van der Waals surface area contributed by atoms with E-state index in [1.165, 1.54) is 0 Å². The summed E-state index contributed by atoms with van der Waals surface area (Å²) < 4.78 is 17.6. The highest BCUT2D eigenvalue weighted by Gasteiger charge is 2.51. The first-order chi connectivity index (χ1) is 11.3. The standard InChI is InChI=1S/C19H19BO4/c1-18(2)19(3,4)24-20(23-18)12-9-10-14-15(11-12)13-7-5-6-8-16(13)22-17(14)21/h5-11H,1-4H3. The minimum absolute atomic E-state index is 0.329. The van der Waals surface area contributed by atoms with Gasteiger partial charge in [-0.1, -0.05) is 30.3 Å². The highest BCUT2D eigenvalue weighted by molar-refractivity contribution is 6.62. The van der Waals surface area contributed by atoms with Crippen molar-refractivity contribution in [2.24, 2.45) is 0 Å². The molecule has 122 valence electrons. The maximum Gasteiger partial charge on any atom is 0.494 e. The van der Waals surface area contributed by atoms with Gasteiger partial charge in [0.05, 0.1) is 16.6 Å². The third-order valence-electron chi connectivity index (χ3n) is 5.17. The van der Waals surface area contributed by atoms with E-state index in [2.05, 4.69) is 0 Å². The summed E-state index contributed by atoms with van der Waals surface area (Å²) in [6.45, 7) is 8.10. The molecule has 4 nitrogen and oxygen atoms in total. The van der Waals surface area contributed by atoms with Gasteiger partial charge in [-0.3, -0.25) is 0 Å². The second-order valence-electron chi connectivity index (χ2n) is 7.28. The van der Waals surface area contributed by atoms with Crippen LogP contribution < -0.4 is 11.1 Å². The monoisotopic (exact) mass is 322 g/mol. The summed E-state index contributed by atoms with van der Waals surface area (Å²) in [5.41, 5.74) is 0.358. The summed E-state index contributed by atoms with van der Waals surface area (Å²) in [5, 5.41) is 2.33. The molecule has 24 heavy (non-hydrogen) atoms. The number of para-hydroxylation sites is 1. The van der Waals surface area contributed by atoms with Gasteiger partial charge in [-0.15, -0.1) is 0 Å². The predicted octanol–water partition coefficient (Wildman–Crippen LogP) is 3.25. The predicted molar refractivity (Wildman–Crippen MR) is 95.7 cm³/mol. The molecule has 1 fully saturated rings. The molecule has 0 bridgehead atoms. The minimum atomic E-state index is -0.453. The average molecular weight is 322 g/mol. The van der Waals surface area contributed by atoms with Crippen molar-refractivity contribution in [1.82, 2.24) is 0 Å². The van der Waals surface area contributed by atoms with Crippen molar-refractivity contribution in [2.45, 2.75) is 38.9 Å². The fraction of sp³-hybridized carbons (Fsp3) is 0.316. The zero-order chi connectivity index (χ0) is 17.1. The topological polar surface area (TPSA) is 48.7 Å². The Morgan fingerprint density at radius 3 is 2.21 bits per heavy atom. The normalized spacial score (nSPS) is 19.2. The van der Waals surface area contributed by atoms with Gasteiger partial charge in [-0.25, -0.2) is 4.79 Å². The Morgan fingerprint density at radius 1 is 0.833 bits per heavy atom. The third kappa shape index (κ3) is 2.19. The Hall–Kier alpha value is -2.11. The van der Waals surface area contributed by atoms with Gasteiger partial charge in [0.2, 0.25) is 0 Å². The molecule has 1 aromatic heterocycles. The summed E-state index contributed by atoms with van der Waals surface area (Å²) in [7, 11) is -0.453. The third-order valence-corrected chi connectivity index (χ3v) is 5.17. The summed E-state index contributed by atoms with van der Waals surface area (Å²) >= 11 is 0. The Labute approximate surface area is 140 Å². The summed E-state index contributed by atoms with van der Waals surface area (Å²) in [6, 6.07) is 13.2. The van der Waals surface area contributed by atoms with Crippen molar-refractivity contribution in [1.29, 1.82) is 0 Å². The smallest absolute Gasteiger partial charge is 0.422 e. The van der Waals surface area contributed by atoms with Gasteiger partial charge in [0.15, 0.2) is 0 Å². The van der Waals surface area contributed by atoms with E-state index < -0.39 is 18.3 Å². The first kappa shape index (κ1) is 15.4. The van der Waals surface area contributed by atoms with Crippen LogP contribution in [-0.4, -0.2) is 18.3 Å². The van der Waals surface area contributed by atoms with Crippen molar-refractivity contribution in [3.63, 3.8) is 0 Å². The summed E-state index contributed by atoms with van der Waals surface area (Å²) in [5.74, 6) is 0. The molecule has 1 saturated heterocycles. The van der Waals surface area contributed by atoms with E-state index in [-0.39, 0.29) is 5.63 Å². The van der Waals surface area contributed by atoms with Gasteiger partial charge >= 0.3 is 12.7 Å². The average Bonchev–Trinajstić information content (AvgIpc) is 2.75. The van der Waals surface area contributed by atoms with Gasteiger partial charge < -0.3 is 13.7 Å². The number of fused-ring (bicyclic) bond motifs is 3. The Morgan fingerprint density at radius 2 is 1.50 bits per heavy atom. The molecular weight excluding hydrogens is 303 g/mol. The summed E-state index contributed by atoms with van der Waals surface area (Å²) in [4.78, 5) is 12.2. The molecule has 1 aliphatic rings. The van der Waals surface area contributed by atoms with Crippen LogP contribution in [0, 0.1) is 0 Å². The zero-order valence-corrected chi connectivity index (χ0v) is 14.3. The van der Waals surface area contributed by atoms with Crippen molar-refractivity contribution in [2.75, 3.05) is 0 Å². The molecule has 4 rings (SSSR count). The SMILES string of the molecule is CC1(C)OB(c2ccc3c(=O)oc4ccccc4c3c2)OC1(C)C. The number of rotatable bonds is 1. The second-order valence-corrected chi connectivity index (χ2v) is 7.28. The fourth-order valence-corrected chi connectivity index (χ4v) is 3.02. The maximum atomic E-state index is 12.2. The molecular formula is C19H19BO4. The lowest BCUT2D eigenvalue weighted by Crippen LogP contribution is -2.41. The lowest BCUT2D eigenvalue weighted by molar-refractivity contribution is 0.00578. The van der Waals surface area contributed by atoms with Crippen molar-refractivity contribution >= 4 is 34.3 Å². The van der Waals surface area contributed by atoms with Crippen LogP contribution in [-0.2, 0) is 9.31 Å². The molecule has 0 saturated carbocycles. The molecule has 0 atom stereocenters. The van der Waals surface area contributed by atoms with E-state index in [0.717, 1.165) is 16.2 Å². The van der Waals surface area contributed by atoms with Crippen molar-refractivity contribution in [3.8, 4) is 0 Å². The van der Waals surface area contributed by atoms with Crippen LogP contribution in [0.25, 0.3) is 21.7 Å². The molecule has 0 amide bonds. The molecule has 0 N–H and O–H groups in total. The lowest BCUT2D eigenvalue weighted by atomic mass is 9.78. The van der Waals surface area contributed by atoms with Gasteiger partial charge in [-0.2, -0.15) is 0 Å². The first-order valence-corrected chi connectivity index (χ1v) is 8.10. The zero-order valence-electron chi connectivity index (χ0n) is 14.3. The van der Waals surface area contributed by atoms with E-state index in [9.17, 15) is 4.79 Å². The molecule has 0 unspecified atom stereocenters. The maximum absolute atomic E-state index is 12.2. The Kier molecular flexibility index (Phi) is 3.18. The Balaban J connectivity index is 1.90. The highest BCUT2D eigenvalue weighted by atomic mass is 16.7. The lowest BCUT2D eigenvalue weighted by Gasteiger charge is -2.32. The van der Waals surface area contributed by atoms with E-state index >= 15 is 0 Å². The van der Waals surface area contributed by atoms with Gasteiger partial charge in [0.25, 0.3) is 0 Å². The van der Waals surface area contributed by atoms with E-state index in [1.54, 1.807) is 12.1 Å². The van der Waals surface area contributed by atoms with Crippen LogP contribution in [0.15, 0.2) is 51.7 Å². The second kappa shape index (κ2) is 4.95. The van der Waals surface area contributed by atoms with Crippen LogP contribution in [0.2, 0.25) is 0 Å². The van der Waals surface area contributed by atoms with Crippen LogP contribution in [0.5, 0.6) is 0 Å². The minimum Gasteiger partial charge on any atom is -0.422 e. The number of hydrogen-bond acceptors (Lipinski definition) is 4. The number of hydrogen-bond donors (Lipinski definition) is 0. The van der Waals surface area contributed by atoms with Gasteiger partial charge in [0.1, 0.15) is 5.58 Å². The molecule has 5 heteroatoms. The van der Waals surface area contributed by atoms with E-state index in [0.29, 0.717) is 11.0 Å². The molecule has 1 aliphatic heterocycles. The molecule has 0 spiro atoms. The largest absolute Gasteiger partial charge is 0.494 e. The van der Waals surface area contributed by atoms with Crippen LogP contribution >= 0.6 is 0 Å². The molecule has 2 aromatic carbocycles. The molecule has 2 heterocycles. The quantitative estimate of drug-likeness (QED) is 0.392. The van der Waals surface area contributed by atoms with E-state index in [1.807, 2.05) is 58.0 Å². The van der Waals surface area contributed by atoms with Crippen LogP contribution in [0.1, 0.15) is 27.7 Å². The fourth-order valence-electron chi connectivity index (χ4n) is 3.02. The van der Waals surface area contributed by atoms with Crippen molar-refractivity contribution in [3.05, 3.63) is 52.9 Å². The Bertz CT molecular complexity index is 987. The van der Waals surface area contributed by atoms with Crippen LogP contribution in [0.3, 0.4) is 0 Å². The molecule has 3 aromatic rings. The number of benzene rings is 2. The molecule has 0 radical (unpaired) electrons. The van der Waals surface area contributed by atoms with E-state index in [4.69, 9.17) is 13.7 Å². The van der Waals surface area contributed by atoms with Crippen LogP contribution in [0.4, 0.5) is 0 Å².